The van der Waals surface area contributed by atoms with Crippen LogP contribution in [0.15, 0.2) is 30.5 Å². The predicted molar refractivity (Wildman–Crippen MR) is 104 cm³/mol. The first-order valence-corrected chi connectivity index (χ1v) is 9.87. The fraction of sp³-hybridized carbons (Fsp3) is 0.524. The predicted octanol–water partition coefficient (Wildman–Crippen LogP) is 3.24. The second kappa shape index (κ2) is 9.80. The van der Waals surface area contributed by atoms with Gasteiger partial charge in [0, 0.05) is 25.7 Å². The van der Waals surface area contributed by atoms with Crippen molar-refractivity contribution in [1.29, 1.82) is 0 Å². The molecule has 6 nitrogen and oxygen atoms in total. The molecule has 1 aromatic heterocycles. The lowest BCUT2D eigenvalue weighted by Gasteiger charge is -2.29. The van der Waals surface area contributed by atoms with Gasteiger partial charge in [-0.25, -0.2) is 9.07 Å². The van der Waals surface area contributed by atoms with Crippen molar-refractivity contribution in [2.24, 2.45) is 0 Å². The van der Waals surface area contributed by atoms with Crippen LogP contribution >= 0.6 is 0 Å². The Balaban J connectivity index is 0.000000516. The molecule has 2 aromatic rings. The highest BCUT2D eigenvalue weighted by Gasteiger charge is 2.25. The molecular formula is C21H28FN3O3. The molecule has 1 fully saturated rings. The lowest BCUT2D eigenvalue weighted by Crippen LogP contribution is -2.37. The Labute approximate surface area is 164 Å². The first-order chi connectivity index (χ1) is 13.5. The molecule has 0 amide bonds. The van der Waals surface area contributed by atoms with E-state index in [0.29, 0.717) is 5.92 Å². The SMILES string of the molecule is CC(=O)O.Fc1ccc(-n2ncc3c2CCCC3CCN2CCOCC2)cc1. The molecule has 152 valence electrons. The molecule has 1 saturated heterocycles. The van der Waals surface area contributed by atoms with Gasteiger partial charge in [0.15, 0.2) is 0 Å². The minimum atomic E-state index is -0.833. The summed E-state index contributed by atoms with van der Waals surface area (Å²) < 4.78 is 20.6. The molecule has 0 spiro atoms. The molecule has 7 heteroatoms. The summed E-state index contributed by atoms with van der Waals surface area (Å²) in [5.74, 6) is -0.450. The Kier molecular flexibility index (Phi) is 7.17. The fourth-order valence-corrected chi connectivity index (χ4v) is 3.92. The number of carboxylic acid groups (broad SMARTS) is 1. The molecule has 1 aromatic carbocycles. The highest BCUT2D eigenvalue weighted by Crippen LogP contribution is 2.35. The zero-order valence-corrected chi connectivity index (χ0v) is 16.3. The summed E-state index contributed by atoms with van der Waals surface area (Å²) in [6, 6.07) is 6.62. The van der Waals surface area contributed by atoms with Crippen molar-refractivity contribution in [3.05, 3.63) is 47.5 Å². The van der Waals surface area contributed by atoms with Crippen molar-refractivity contribution < 1.29 is 19.0 Å². The average Bonchev–Trinajstić information content (AvgIpc) is 3.12. The third kappa shape index (κ3) is 5.39. The largest absolute Gasteiger partial charge is 0.481 e. The Morgan fingerprint density at radius 3 is 2.64 bits per heavy atom. The molecule has 4 rings (SSSR count). The summed E-state index contributed by atoms with van der Waals surface area (Å²) in [5, 5.41) is 12.0. The summed E-state index contributed by atoms with van der Waals surface area (Å²) in [4.78, 5) is 11.5. The van der Waals surface area contributed by atoms with E-state index in [1.807, 2.05) is 10.9 Å². The first kappa shape index (κ1) is 20.5. The van der Waals surface area contributed by atoms with Gasteiger partial charge in [0.1, 0.15) is 5.82 Å². The number of carbonyl (C=O) groups is 1. The van der Waals surface area contributed by atoms with Gasteiger partial charge in [-0.2, -0.15) is 5.10 Å². The van der Waals surface area contributed by atoms with Crippen LogP contribution in [0.3, 0.4) is 0 Å². The highest BCUT2D eigenvalue weighted by molar-refractivity contribution is 5.62. The molecule has 28 heavy (non-hydrogen) atoms. The monoisotopic (exact) mass is 389 g/mol. The third-order valence-corrected chi connectivity index (χ3v) is 5.28. The van der Waals surface area contributed by atoms with Crippen LogP contribution in [0.5, 0.6) is 0 Å². The molecule has 2 heterocycles. The molecule has 0 bridgehead atoms. The van der Waals surface area contributed by atoms with Crippen LogP contribution in [-0.4, -0.2) is 58.6 Å². The quantitative estimate of drug-likeness (QED) is 0.870. The van der Waals surface area contributed by atoms with Gasteiger partial charge in [0.05, 0.1) is 25.1 Å². The second-order valence-electron chi connectivity index (χ2n) is 7.29. The number of rotatable bonds is 4. The zero-order valence-electron chi connectivity index (χ0n) is 16.3. The van der Waals surface area contributed by atoms with Crippen molar-refractivity contribution in [2.45, 2.75) is 38.5 Å². The van der Waals surface area contributed by atoms with Gasteiger partial charge in [0.2, 0.25) is 0 Å². The van der Waals surface area contributed by atoms with Crippen LogP contribution in [-0.2, 0) is 16.0 Å². The smallest absolute Gasteiger partial charge is 0.300 e. The van der Waals surface area contributed by atoms with Crippen LogP contribution in [0.4, 0.5) is 4.39 Å². The van der Waals surface area contributed by atoms with E-state index in [4.69, 9.17) is 14.6 Å². The maximum absolute atomic E-state index is 13.2. The maximum atomic E-state index is 13.2. The third-order valence-electron chi connectivity index (χ3n) is 5.28. The van der Waals surface area contributed by atoms with Gasteiger partial charge in [-0.05, 0) is 68.0 Å². The minimum Gasteiger partial charge on any atom is -0.481 e. The molecular weight excluding hydrogens is 361 g/mol. The number of ether oxygens (including phenoxy) is 1. The normalized spacial score (nSPS) is 19.4. The lowest BCUT2D eigenvalue weighted by atomic mass is 9.84. The van der Waals surface area contributed by atoms with E-state index in [0.717, 1.165) is 51.9 Å². The summed E-state index contributed by atoms with van der Waals surface area (Å²) in [5.41, 5.74) is 3.64. The maximum Gasteiger partial charge on any atom is 0.300 e. The van der Waals surface area contributed by atoms with Crippen molar-refractivity contribution in [3.8, 4) is 5.69 Å². The topological polar surface area (TPSA) is 67.6 Å². The number of benzene rings is 1. The van der Waals surface area contributed by atoms with E-state index < -0.39 is 5.97 Å². The fourth-order valence-electron chi connectivity index (χ4n) is 3.92. The van der Waals surface area contributed by atoms with E-state index in [1.165, 1.54) is 42.7 Å². The minimum absolute atomic E-state index is 0.205. The van der Waals surface area contributed by atoms with Crippen LogP contribution in [0, 0.1) is 5.82 Å². The zero-order chi connectivity index (χ0) is 19.9. The molecule has 1 aliphatic carbocycles. The number of aliphatic carboxylic acids is 1. The molecule has 0 radical (unpaired) electrons. The number of aromatic nitrogens is 2. The standard InChI is InChI=1S/C19H24FN3O.C2H4O2/c20-16-4-6-17(7-5-16)23-19-3-1-2-15(18(19)14-21-23)8-9-22-10-12-24-13-11-22;1-2(3)4/h4-7,14-15H,1-3,8-13H2;1H3,(H,3,4). The molecule has 0 saturated carbocycles. The number of hydrogen-bond donors (Lipinski definition) is 1. The van der Waals surface area contributed by atoms with Gasteiger partial charge in [-0.15, -0.1) is 0 Å². The molecule has 1 N–H and O–H groups in total. The lowest BCUT2D eigenvalue weighted by molar-refractivity contribution is -0.134. The van der Waals surface area contributed by atoms with Crippen LogP contribution < -0.4 is 0 Å². The number of fused-ring (bicyclic) bond motifs is 1. The first-order valence-electron chi connectivity index (χ1n) is 9.87. The van der Waals surface area contributed by atoms with Gasteiger partial charge in [-0.1, -0.05) is 0 Å². The summed E-state index contributed by atoms with van der Waals surface area (Å²) in [6.45, 7) is 6.04. The van der Waals surface area contributed by atoms with E-state index in [9.17, 15) is 4.39 Å². The number of carboxylic acids is 1. The highest BCUT2D eigenvalue weighted by atomic mass is 19.1. The number of morpholine rings is 1. The van der Waals surface area contributed by atoms with E-state index >= 15 is 0 Å². The Morgan fingerprint density at radius 2 is 1.96 bits per heavy atom. The van der Waals surface area contributed by atoms with E-state index in [-0.39, 0.29) is 5.82 Å². The van der Waals surface area contributed by atoms with Crippen LogP contribution in [0.2, 0.25) is 0 Å². The van der Waals surface area contributed by atoms with Crippen molar-refractivity contribution in [1.82, 2.24) is 14.7 Å². The Hall–Kier alpha value is -2.25. The van der Waals surface area contributed by atoms with Gasteiger partial charge in [0.25, 0.3) is 5.97 Å². The van der Waals surface area contributed by atoms with Gasteiger partial charge >= 0.3 is 0 Å². The Morgan fingerprint density at radius 1 is 1.29 bits per heavy atom. The number of halogens is 1. The van der Waals surface area contributed by atoms with E-state index in [1.54, 1.807) is 12.1 Å². The Bertz CT molecular complexity index is 766. The molecule has 2 aliphatic rings. The summed E-state index contributed by atoms with van der Waals surface area (Å²) in [6.07, 6.45) is 6.71. The summed E-state index contributed by atoms with van der Waals surface area (Å²) >= 11 is 0. The van der Waals surface area contributed by atoms with Crippen LogP contribution in [0.1, 0.15) is 43.4 Å². The molecule has 1 aliphatic heterocycles. The van der Waals surface area contributed by atoms with Crippen molar-refractivity contribution >= 4 is 5.97 Å². The number of hydrogen-bond acceptors (Lipinski definition) is 4. The molecule has 1 unspecified atom stereocenters. The summed E-state index contributed by atoms with van der Waals surface area (Å²) in [7, 11) is 0. The van der Waals surface area contributed by atoms with Crippen LogP contribution in [0.25, 0.3) is 5.69 Å². The number of nitrogens with zero attached hydrogens (tertiary/aromatic N) is 3. The average molecular weight is 389 g/mol. The second-order valence-corrected chi connectivity index (χ2v) is 7.29. The van der Waals surface area contributed by atoms with Crippen molar-refractivity contribution in [3.63, 3.8) is 0 Å². The molecule has 1 atom stereocenters. The van der Waals surface area contributed by atoms with E-state index in [2.05, 4.69) is 10.00 Å². The van der Waals surface area contributed by atoms with Crippen molar-refractivity contribution in [2.75, 3.05) is 32.8 Å². The van der Waals surface area contributed by atoms with Gasteiger partial charge < -0.3 is 9.84 Å². The van der Waals surface area contributed by atoms with Gasteiger partial charge in [-0.3, -0.25) is 9.69 Å².